The summed E-state index contributed by atoms with van der Waals surface area (Å²) in [7, 11) is 1.69. The Morgan fingerprint density at radius 2 is 1.77 bits per heavy atom. The van der Waals surface area contributed by atoms with E-state index < -0.39 is 0 Å². The third-order valence-corrected chi connectivity index (χ3v) is 5.75. The maximum absolute atomic E-state index is 12.6. The van der Waals surface area contributed by atoms with Gasteiger partial charge in [-0.15, -0.1) is 0 Å². The first-order chi connectivity index (χ1) is 15.0. The minimum Gasteiger partial charge on any atom is -0.495 e. The van der Waals surface area contributed by atoms with Crippen LogP contribution < -0.4 is 19.9 Å². The second kappa shape index (κ2) is 10.8. The van der Waals surface area contributed by atoms with Gasteiger partial charge in [-0.05, 0) is 44.2 Å². The first kappa shape index (κ1) is 22.6. The Morgan fingerprint density at radius 3 is 2.45 bits per heavy atom. The zero-order chi connectivity index (χ0) is 22.2. The van der Waals surface area contributed by atoms with Crippen molar-refractivity contribution in [3.8, 4) is 5.75 Å². The maximum Gasteiger partial charge on any atom is 0.279 e. The summed E-state index contributed by atoms with van der Waals surface area (Å²) in [5.41, 5.74) is 2.36. The van der Waals surface area contributed by atoms with Crippen molar-refractivity contribution in [3.63, 3.8) is 0 Å². The lowest BCUT2D eigenvalue weighted by atomic mass is 10.1. The van der Waals surface area contributed by atoms with Crippen LogP contribution in [0.4, 0.5) is 11.4 Å². The molecular formula is C24H33N4O3+. The van der Waals surface area contributed by atoms with Crippen LogP contribution in [0.3, 0.4) is 0 Å². The first-order valence-electron chi connectivity index (χ1n) is 11.0. The number of amides is 2. The highest BCUT2D eigenvalue weighted by Gasteiger charge is 2.24. The molecule has 1 aliphatic heterocycles. The summed E-state index contributed by atoms with van der Waals surface area (Å²) in [6, 6.07) is 15.2. The number of carbonyl (C=O) groups is 2. The maximum atomic E-state index is 12.6. The fourth-order valence-corrected chi connectivity index (χ4v) is 3.99. The molecule has 2 aromatic rings. The Hall–Kier alpha value is -3.06. The second-order valence-corrected chi connectivity index (χ2v) is 7.69. The molecule has 31 heavy (non-hydrogen) atoms. The van der Waals surface area contributed by atoms with Gasteiger partial charge in [-0.3, -0.25) is 9.59 Å². The number of nitrogens with zero attached hydrogens (tertiary/aromatic N) is 2. The molecule has 2 amide bonds. The van der Waals surface area contributed by atoms with Crippen LogP contribution in [0.5, 0.6) is 5.75 Å². The standard InChI is InChI=1S/C24H32N4O3/c1-4-27(5-2)24(30)19-9-8-10-20(17-19)25-23(29)18-26-13-15-28(16-14-26)21-11-6-7-12-22(21)31-3/h6-12,17H,4-5,13-16,18H2,1-3H3,(H,25,29)/p+1. The smallest absolute Gasteiger partial charge is 0.279 e. The molecule has 1 aliphatic rings. The molecule has 0 bridgehead atoms. The Kier molecular flexibility index (Phi) is 7.89. The van der Waals surface area contributed by atoms with E-state index in [-0.39, 0.29) is 11.8 Å². The molecule has 1 fully saturated rings. The number of ether oxygens (including phenoxy) is 1. The van der Waals surface area contributed by atoms with Crippen molar-refractivity contribution in [2.24, 2.45) is 0 Å². The Balaban J connectivity index is 1.53. The fourth-order valence-electron chi connectivity index (χ4n) is 3.99. The van der Waals surface area contributed by atoms with Crippen molar-refractivity contribution in [2.45, 2.75) is 13.8 Å². The monoisotopic (exact) mass is 425 g/mol. The molecule has 0 unspecified atom stereocenters. The van der Waals surface area contributed by atoms with Crippen molar-refractivity contribution in [1.82, 2.24) is 4.90 Å². The molecule has 2 aromatic carbocycles. The summed E-state index contributed by atoms with van der Waals surface area (Å²) in [6.45, 7) is 9.17. The minimum atomic E-state index is -0.0341. The molecule has 7 heteroatoms. The minimum absolute atomic E-state index is 0.0146. The van der Waals surface area contributed by atoms with E-state index in [2.05, 4.69) is 16.3 Å². The van der Waals surface area contributed by atoms with E-state index in [0.29, 0.717) is 30.9 Å². The molecule has 0 atom stereocenters. The summed E-state index contributed by atoms with van der Waals surface area (Å²) < 4.78 is 5.47. The quantitative estimate of drug-likeness (QED) is 0.673. The lowest BCUT2D eigenvalue weighted by Gasteiger charge is -2.34. The number of para-hydroxylation sites is 2. The van der Waals surface area contributed by atoms with Gasteiger partial charge in [0.1, 0.15) is 5.75 Å². The molecule has 1 saturated heterocycles. The van der Waals surface area contributed by atoms with Crippen LogP contribution >= 0.6 is 0 Å². The number of carbonyl (C=O) groups excluding carboxylic acids is 2. The van der Waals surface area contributed by atoms with Crippen LogP contribution in [-0.2, 0) is 4.79 Å². The van der Waals surface area contributed by atoms with Gasteiger partial charge in [-0.25, -0.2) is 0 Å². The summed E-state index contributed by atoms with van der Waals surface area (Å²) in [5, 5.41) is 2.96. The van der Waals surface area contributed by atoms with Gasteiger partial charge >= 0.3 is 0 Å². The van der Waals surface area contributed by atoms with E-state index in [1.807, 2.05) is 44.2 Å². The van der Waals surface area contributed by atoms with Crippen molar-refractivity contribution >= 4 is 23.2 Å². The Morgan fingerprint density at radius 1 is 1.06 bits per heavy atom. The number of methoxy groups -OCH3 is 1. The normalized spacial score (nSPS) is 14.2. The number of nitrogens with one attached hydrogen (secondary N) is 2. The van der Waals surface area contributed by atoms with Crippen molar-refractivity contribution < 1.29 is 19.2 Å². The first-order valence-corrected chi connectivity index (χ1v) is 11.0. The van der Waals surface area contributed by atoms with Gasteiger partial charge < -0.3 is 24.8 Å². The number of hydrogen-bond acceptors (Lipinski definition) is 4. The SMILES string of the molecule is CCN(CC)C(=O)c1cccc(NC(=O)C[NH+]2CCN(c3ccccc3OC)CC2)c1. The van der Waals surface area contributed by atoms with Crippen molar-refractivity contribution in [3.05, 3.63) is 54.1 Å². The lowest BCUT2D eigenvalue weighted by molar-refractivity contribution is -0.892. The Bertz CT molecular complexity index is 890. The predicted octanol–water partition coefficient (Wildman–Crippen LogP) is 1.52. The summed E-state index contributed by atoms with van der Waals surface area (Å²) in [5.74, 6) is 0.829. The zero-order valence-electron chi connectivity index (χ0n) is 18.7. The topological polar surface area (TPSA) is 66.3 Å². The van der Waals surface area contributed by atoms with E-state index in [1.54, 1.807) is 24.1 Å². The van der Waals surface area contributed by atoms with Crippen molar-refractivity contribution in [2.75, 3.05) is 63.1 Å². The van der Waals surface area contributed by atoms with Gasteiger partial charge in [0.05, 0.1) is 39.0 Å². The molecule has 0 aromatic heterocycles. The van der Waals surface area contributed by atoms with Gasteiger partial charge in [0.15, 0.2) is 6.54 Å². The number of rotatable bonds is 8. The fraction of sp³-hybridized carbons (Fsp3) is 0.417. The number of hydrogen-bond donors (Lipinski definition) is 2. The van der Waals surface area contributed by atoms with E-state index >= 15 is 0 Å². The van der Waals surface area contributed by atoms with Crippen molar-refractivity contribution in [1.29, 1.82) is 0 Å². The largest absolute Gasteiger partial charge is 0.495 e. The molecule has 0 radical (unpaired) electrons. The second-order valence-electron chi connectivity index (χ2n) is 7.69. The molecule has 0 saturated carbocycles. The third-order valence-electron chi connectivity index (χ3n) is 5.75. The molecule has 2 N–H and O–H groups in total. The van der Waals surface area contributed by atoms with Gasteiger partial charge in [-0.2, -0.15) is 0 Å². The van der Waals surface area contributed by atoms with E-state index in [1.165, 1.54) is 4.90 Å². The van der Waals surface area contributed by atoms with Crippen LogP contribution in [-0.4, -0.2) is 69.6 Å². The molecule has 0 spiro atoms. The molecular weight excluding hydrogens is 392 g/mol. The van der Waals surface area contributed by atoms with Crippen LogP contribution in [0.1, 0.15) is 24.2 Å². The molecule has 0 aliphatic carbocycles. The highest BCUT2D eigenvalue weighted by molar-refractivity contribution is 5.97. The number of benzene rings is 2. The average molecular weight is 426 g/mol. The zero-order valence-corrected chi connectivity index (χ0v) is 18.7. The van der Waals surface area contributed by atoms with Gasteiger partial charge in [0.25, 0.3) is 11.8 Å². The van der Waals surface area contributed by atoms with Crippen LogP contribution in [0, 0.1) is 0 Å². The Labute approximate surface area is 184 Å². The average Bonchev–Trinajstić information content (AvgIpc) is 2.80. The molecule has 1 heterocycles. The van der Waals surface area contributed by atoms with E-state index in [4.69, 9.17) is 4.74 Å². The summed E-state index contributed by atoms with van der Waals surface area (Å²) in [6.07, 6.45) is 0. The lowest BCUT2D eigenvalue weighted by Crippen LogP contribution is -3.15. The molecule has 3 rings (SSSR count). The molecule has 7 nitrogen and oxygen atoms in total. The third kappa shape index (κ3) is 5.76. The molecule has 166 valence electrons. The van der Waals surface area contributed by atoms with Gasteiger partial charge in [0, 0.05) is 24.3 Å². The van der Waals surface area contributed by atoms with Gasteiger partial charge in [-0.1, -0.05) is 18.2 Å². The van der Waals surface area contributed by atoms with Crippen LogP contribution in [0.2, 0.25) is 0 Å². The number of anilines is 2. The summed E-state index contributed by atoms with van der Waals surface area (Å²) >= 11 is 0. The highest BCUT2D eigenvalue weighted by atomic mass is 16.5. The van der Waals surface area contributed by atoms with E-state index in [9.17, 15) is 9.59 Å². The van der Waals surface area contributed by atoms with E-state index in [0.717, 1.165) is 37.6 Å². The van der Waals surface area contributed by atoms with Gasteiger partial charge in [0.2, 0.25) is 0 Å². The van der Waals surface area contributed by atoms with Crippen LogP contribution in [0.25, 0.3) is 0 Å². The highest BCUT2D eigenvalue weighted by Crippen LogP contribution is 2.27. The van der Waals surface area contributed by atoms with Crippen LogP contribution in [0.15, 0.2) is 48.5 Å². The number of piperazine rings is 1. The predicted molar refractivity (Wildman–Crippen MR) is 123 cm³/mol. The number of quaternary nitrogens is 1. The summed E-state index contributed by atoms with van der Waals surface area (Å²) in [4.78, 5) is 30.5.